The fraction of sp³-hybridized carbons (Fsp3) is 0.429. The van der Waals surface area contributed by atoms with Gasteiger partial charge in [0.1, 0.15) is 5.75 Å². The highest BCUT2D eigenvalue weighted by Crippen LogP contribution is 2.25. The van der Waals surface area contributed by atoms with E-state index in [0.29, 0.717) is 5.75 Å². The summed E-state index contributed by atoms with van der Waals surface area (Å²) in [6.07, 6.45) is 3.92. The molecule has 3 nitrogen and oxygen atoms in total. The summed E-state index contributed by atoms with van der Waals surface area (Å²) in [5.74, 6) is 0.335. The van der Waals surface area contributed by atoms with Crippen molar-refractivity contribution >= 4 is 11.8 Å². The molecular weight excluding hydrogens is 212 g/mol. The number of anilines is 1. The number of nitrogens with one attached hydrogen (secondary N) is 1. The molecule has 0 heterocycles. The molecule has 1 aromatic carbocycles. The number of phenols is 1. The van der Waals surface area contributed by atoms with E-state index < -0.39 is 0 Å². The van der Waals surface area contributed by atoms with Gasteiger partial charge in [0.15, 0.2) is 0 Å². The zero-order valence-electron chi connectivity index (χ0n) is 10.9. The molecule has 1 rings (SSSR count). The number of rotatable bonds is 6. The lowest BCUT2D eigenvalue weighted by Crippen LogP contribution is -2.21. The topological polar surface area (TPSA) is 35.5 Å². The highest BCUT2D eigenvalue weighted by atomic mass is 16.3. The minimum Gasteiger partial charge on any atom is -0.507 e. The minimum absolute atomic E-state index is 0.335. The molecule has 0 atom stereocenters. The van der Waals surface area contributed by atoms with E-state index in [1.807, 2.05) is 37.4 Å². The van der Waals surface area contributed by atoms with Crippen LogP contribution in [-0.4, -0.2) is 31.8 Å². The van der Waals surface area contributed by atoms with Gasteiger partial charge in [-0.25, -0.2) is 0 Å². The molecule has 3 heteroatoms. The molecule has 0 saturated carbocycles. The zero-order valence-corrected chi connectivity index (χ0v) is 10.9. The Morgan fingerprint density at radius 3 is 2.53 bits per heavy atom. The Bertz CT molecular complexity index is 370. The Labute approximate surface area is 104 Å². The van der Waals surface area contributed by atoms with Crippen LogP contribution in [0.5, 0.6) is 5.75 Å². The standard InChI is InChI=1S/C14H22N2O/c1-4-16(5-2)13-9-8-12(14(17)11-13)7-6-10-15-3/h6-9,11,15,17H,4-5,10H2,1-3H3. The number of hydrogen-bond acceptors (Lipinski definition) is 3. The molecule has 0 bridgehead atoms. The Balaban J connectivity index is 2.85. The molecule has 0 amide bonds. The normalized spacial score (nSPS) is 11.0. The van der Waals surface area contributed by atoms with Crippen molar-refractivity contribution in [1.29, 1.82) is 0 Å². The Hall–Kier alpha value is -1.48. The molecule has 0 fully saturated rings. The van der Waals surface area contributed by atoms with Crippen molar-refractivity contribution in [3.05, 3.63) is 29.8 Å². The average molecular weight is 234 g/mol. The first-order valence-electron chi connectivity index (χ1n) is 6.12. The molecule has 0 aromatic heterocycles. The van der Waals surface area contributed by atoms with E-state index >= 15 is 0 Å². The highest BCUT2D eigenvalue weighted by molar-refractivity contribution is 5.63. The number of nitrogens with zero attached hydrogens (tertiary/aromatic N) is 1. The SMILES string of the molecule is CCN(CC)c1ccc(C=CCNC)c(O)c1. The van der Waals surface area contributed by atoms with Crippen LogP contribution >= 0.6 is 0 Å². The maximum absolute atomic E-state index is 9.93. The van der Waals surface area contributed by atoms with Gasteiger partial charge in [0.05, 0.1) is 0 Å². The molecular formula is C14H22N2O. The van der Waals surface area contributed by atoms with Crippen LogP contribution in [0.4, 0.5) is 5.69 Å². The summed E-state index contributed by atoms with van der Waals surface area (Å²) in [7, 11) is 1.90. The molecule has 0 aliphatic rings. The average Bonchev–Trinajstić information content (AvgIpc) is 2.33. The monoisotopic (exact) mass is 234 g/mol. The van der Waals surface area contributed by atoms with Gasteiger partial charge in [-0.2, -0.15) is 0 Å². The third-order valence-electron chi connectivity index (χ3n) is 2.76. The van der Waals surface area contributed by atoms with Crippen LogP contribution in [0.2, 0.25) is 0 Å². The molecule has 0 saturated heterocycles. The van der Waals surface area contributed by atoms with Crippen LogP contribution in [0, 0.1) is 0 Å². The van der Waals surface area contributed by atoms with Crippen molar-refractivity contribution in [3.8, 4) is 5.75 Å². The molecule has 0 radical (unpaired) electrons. The molecule has 94 valence electrons. The number of hydrogen-bond donors (Lipinski definition) is 2. The van der Waals surface area contributed by atoms with Crippen LogP contribution in [0.3, 0.4) is 0 Å². The predicted octanol–water partition coefficient (Wildman–Crippen LogP) is 2.47. The van der Waals surface area contributed by atoms with E-state index in [1.54, 1.807) is 0 Å². The maximum atomic E-state index is 9.93. The molecule has 1 aromatic rings. The van der Waals surface area contributed by atoms with Gasteiger partial charge >= 0.3 is 0 Å². The fourth-order valence-electron chi connectivity index (χ4n) is 1.76. The van der Waals surface area contributed by atoms with Crippen LogP contribution in [0.15, 0.2) is 24.3 Å². The van der Waals surface area contributed by atoms with Gasteiger partial charge in [-0.1, -0.05) is 12.2 Å². The lowest BCUT2D eigenvalue weighted by Gasteiger charge is -2.21. The second-order valence-electron chi connectivity index (χ2n) is 3.88. The van der Waals surface area contributed by atoms with Gasteiger partial charge in [0.25, 0.3) is 0 Å². The van der Waals surface area contributed by atoms with Crippen molar-refractivity contribution in [2.45, 2.75) is 13.8 Å². The Morgan fingerprint density at radius 2 is 2.00 bits per heavy atom. The Kier molecular flexibility index (Phi) is 5.57. The van der Waals surface area contributed by atoms with E-state index in [2.05, 4.69) is 24.1 Å². The van der Waals surface area contributed by atoms with E-state index in [1.165, 1.54) is 0 Å². The largest absolute Gasteiger partial charge is 0.507 e. The molecule has 0 aliphatic heterocycles. The van der Waals surface area contributed by atoms with Gasteiger partial charge in [0.2, 0.25) is 0 Å². The molecule has 0 unspecified atom stereocenters. The summed E-state index contributed by atoms with van der Waals surface area (Å²) in [5.41, 5.74) is 1.93. The summed E-state index contributed by atoms with van der Waals surface area (Å²) in [5, 5.41) is 13.0. The van der Waals surface area contributed by atoms with Crippen LogP contribution in [0.25, 0.3) is 6.08 Å². The summed E-state index contributed by atoms with van der Waals surface area (Å²) < 4.78 is 0. The van der Waals surface area contributed by atoms with Gasteiger partial charge in [-0.3, -0.25) is 0 Å². The second kappa shape index (κ2) is 6.97. The van der Waals surface area contributed by atoms with E-state index in [4.69, 9.17) is 0 Å². The molecule has 0 spiro atoms. The fourth-order valence-corrected chi connectivity index (χ4v) is 1.76. The third-order valence-corrected chi connectivity index (χ3v) is 2.76. The highest BCUT2D eigenvalue weighted by Gasteiger charge is 2.04. The number of likely N-dealkylation sites (N-methyl/N-ethyl adjacent to an activating group) is 1. The van der Waals surface area contributed by atoms with Crippen molar-refractivity contribution in [1.82, 2.24) is 5.32 Å². The first-order chi connectivity index (χ1) is 8.22. The van der Waals surface area contributed by atoms with Crippen molar-refractivity contribution < 1.29 is 5.11 Å². The van der Waals surface area contributed by atoms with Crippen molar-refractivity contribution in [2.75, 3.05) is 31.6 Å². The summed E-state index contributed by atoms with van der Waals surface area (Å²) in [4.78, 5) is 2.21. The maximum Gasteiger partial charge on any atom is 0.124 e. The first kappa shape index (κ1) is 13.6. The predicted molar refractivity (Wildman–Crippen MR) is 74.6 cm³/mol. The van der Waals surface area contributed by atoms with Crippen LogP contribution in [0.1, 0.15) is 19.4 Å². The molecule has 17 heavy (non-hydrogen) atoms. The van der Waals surface area contributed by atoms with Gasteiger partial charge in [-0.15, -0.1) is 0 Å². The lowest BCUT2D eigenvalue weighted by atomic mass is 10.1. The molecule has 2 N–H and O–H groups in total. The van der Waals surface area contributed by atoms with Crippen molar-refractivity contribution in [3.63, 3.8) is 0 Å². The van der Waals surface area contributed by atoms with Crippen LogP contribution in [-0.2, 0) is 0 Å². The number of aromatic hydroxyl groups is 1. The first-order valence-corrected chi connectivity index (χ1v) is 6.12. The van der Waals surface area contributed by atoms with E-state index in [0.717, 1.165) is 30.9 Å². The van der Waals surface area contributed by atoms with Crippen molar-refractivity contribution in [2.24, 2.45) is 0 Å². The molecule has 0 aliphatic carbocycles. The third kappa shape index (κ3) is 3.79. The summed E-state index contributed by atoms with van der Waals surface area (Å²) >= 11 is 0. The van der Waals surface area contributed by atoms with Crippen LogP contribution < -0.4 is 10.2 Å². The number of phenolic OH excluding ortho intramolecular Hbond substituents is 1. The summed E-state index contributed by atoms with van der Waals surface area (Å²) in [6.45, 7) is 6.93. The second-order valence-corrected chi connectivity index (χ2v) is 3.88. The smallest absolute Gasteiger partial charge is 0.124 e. The minimum atomic E-state index is 0.335. The Morgan fingerprint density at radius 1 is 1.29 bits per heavy atom. The number of benzene rings is 1. The van der Waals surface area contributed by atoms with E-state index in [9.17, 15) is 5.11 Å². The quantitative estimate of drug-likeness (QED) is 0.793. The summed E-state index contributed by atoms with van der Waals surface area (Å²) in [6, 6.07) is 5.83. The van der Waals surface area contributed by atoms with Gasteiger partial charge in [0, 0.05) is 37.0 Å². The van der Waals surface area contributed by atoms with Gasteiger partial charge in [-0.05, 0) is 33.0 Å². The zero-order chi connectivity index (χ0) is 12.7. The van der Waals surface area contributed by atoms with E-state index in [-0.39, 0.29) is 0 Å². The lowest BCUT2D eigenvalue weighted by molar-refractivity contribution is 0.474. The van der Waals surface area contributed by atoms with Gasteiger partial charge < -0.3 is 15.3 Å².